The first-order valence-electron chi connectivity index (χ1n) is 6.31. The Kier molecular flexibility index (Phi) is 5.13. The van der Waals surface area contributed by atoms with Crippen LogP contribution >= 0.6 is 15.9 Å². The summed E-state index contributed by atoms with van der Waals surface area (Å²) in [6.07, 6.45) is 3.97. The molecule has 0 amide bonds. The number of rotatable bonds is 5. The summed E-state index contributed by atoms with van der Waals surface area (Å²) >= 11 is 3.37. The summed E-state index contributed by atoms with van der Waals surface area (Å²) in [6.45, 7) is 2.03. The van der Waals surface area contributed by atoms with E-state index < -0.39 is 0 Å². The van der Waals surface area contributed by atoms with Crippen LogP contribution in [-0.4, -0.2) is 12.4 Å². The smallest absolute Gasteiger partial charge is 0.160 e. The van der Waals surface area contributed by atoms with E-state index in [1.54, 1.807) is 19.1 Å². The number of benzene rings is 2. The lowest BCUT2D eigenvalue weighted by molar-refractivity contribution is 0.101. The standard InChI is InChI=1S/C17H15BrO2/c1-13(19)16-10-9-15(12-17(16)18)20-11-5-8-14-6-3-2-4-7-14/h2-10,12H,11H2,1H3/b8-5+. The fraction of sp³-hybridized carbons (Fsp3) is 0.118. The van der Waals surface area contributed by atoms with Gasteiger partial charge in [-0.05, 0) is 52.7 Å². The number of halogens is 1. The quantitative estimate of drug-likeness (QED) is 0.740. The molecule has 0 spiro atoms. The van der Waals surface area contributed by atoms with E-state index in [-0.39, 0.29) is 5.78 Å². The van der Waals surface area contributed by atoms with Crippen molar-refractivity contribution in [2.75, 3.05) is 6.61 Å². The molecule has 3 heteroatoms. The zero-order valence-corrected chi connectivity index (χ0v) is 12.8. The molecule has 2 aromatic carbocycles. The van der Waals surface area contributed by atoms with Gasteiger partial charge in [0.25, 0.3) is 0 Å². The van der Waals surface area contributed by atoms with Crippen molar-refractivity contribution in [2.45, 2.75) is 6.92 Å². The van der Waals surface area contributed by atoms with Crippen LogP contribution in [0.25, 0.3) is 6.08 Å². The Morgan fingerprint density at radius 2 is 1.95 bits per heavy atom. The monoisotopic (exact) mass is 330 g/mol. The molecule has 2 aromatic rings. The highest BCUT2D eigenvalue weighted by molar-refractivity contribution is 9.10. The zero-order valence-electron chi connectivity index (χ0n) is 11.2. The maximum absolute atomic E-state index is 11.3. The molecular weight excluding hydrogens is 316 g/mol. The highest BCUT2D eigenvalue weighted by Gasteiger charge is 2.05. The van der Waals surface area contributed by atoms with Crippen molar-refractivity contribution in [3.05, 3.63) is 70.2 Å². The van der Waals surface area contributed by atoms with Gasteiger partial charge in [-0.3, -0.25) is 4.79 Å². The highest BCUT2D eigenvalue weighted by atomic mass is 79.9. The summed E-state index contributed by atoms with van der Waals surface area (Å²) < 4.78 is 6.37. The normalized spacial score (nSPS) is 10.7. The molecule has 0 N–H and O–H groups in total. The molecule has 0 fully saturated rings. The molecule has 0 aromatic heterocycles. The third-order valence-electron chi connectivity index (χ3n) is 2.78. The Hall–Kier alpha value is -1.87. The molecule has 0 radical (unpaired) electrons. The van der Waals surface area contributed by atoms with E-state index in [0.717, 1.165) is 15.8 Å². The molecule has 0 bridgehead atoms. The van der Waals surface area contributed by atoms with Gasteiger partial charge in [-0.1, -0.05) is 36.4 Å². The number of ketones is 1. The summed E-state index contributed by atoms with van der Waals surface area (Å²) in [4.78, 5) is 11.3. The number of hydrogen-bond acceptors (Lipinski definition) is 2. The van der Waals surface area contributed by atoms with Crippen molar-refractivity contribution < 1.29 is 9.53 Å². The molecule has 0 aliphatic rings. The molecule has 0 aliphatic carbocycles. The first-order valence-corrected chi connectivity index (χ1v) is 7.11. The van der Waals surface area contributed by atoms with Crippen molar-refractivity contribution in [3.8, 4) is 5.75 Å². The molecule has 2 rings (SSSR count). The van der Waals surface area contributed by atoms with Gasteiger partial charge in [-0.2, -0.15) is 0 Å². The molecular formula is C17H15BrO2. The maximum atomic E-state index is 11.3. The Morgan fingerprint density at radius 1 is 1.20 bits per heavy atom. The van der Waals surface area contributed by atoms with Crippen molar-refractivity contribution in [1.29, 1.82) is 0 Å². The van der Waals surface area contributed by atoms with Crippen LogP contribution < -0.4 is 4.74 Å². The van der Waals surface area contributed by atoms with Gasteiger partial charge in [0.05, 0.1) is 0 Å². The molecule has 0 heterocycles. The van der Waals surface area contributed by atoms with E-state index in [0.29, 0.717) is 12.2 Å². The average Bonchev–Trinajstić information content (AvgIpc) is 2.44. The first-order chi connectivity index (χ1) is 9.66. The van der Waals surface area contributed by atoms with Crippen LogP contribution in [0.2, 0.25) is 0 Å². The van der Waals surface area contributed by atoms with E-state index in [9.17, 15) is 4.79 Å². The van der Waals surface area contributed by atoms with Crippen molar-refractivity contribution in [1.82, 2.24) is 0 Å². The third-order valence-corrected chi connectivity index (χ3v) is 3.43. The van der Waals surface area contributed by atoms with Gasteiger partial charge < -0.3 is 4.74 Å². The van der Waals surface area contributed by atoms with Gasteiger partial charge >= 0.3 is 0 Å². The molecule has 0 saturated heterocycles. The Balaban J connectivity index is 1.93. The predicted octanol–water partition coefficient (Wildman–Crippen LogP) is 4.74. The summed E-state index contributed by atoms with van der Waals surface area (Å²) in [5, 5.41) is 0. The van der Waals surface area contributed by atoms with Gasteiger partial charge in [0.1, 0.15) is 12.4 Å². The predicted molar refractivity (Wildman–Crippen MR) is 85.1 cm³/mol. The summed E-state index contributed by atoms with van der Waals surface area (Å²) in [5.41, 5.74) is 1.81. The second-order valence-corrected chi connectivity index (χ2v) is 5.18. The lowest BCUT2D eigenvalue weighted by Crippen LogP contribution is -1.97. The second-order valence-electron chi connectivity index (χ2n) is 4.32. The van der Waals surface area contributed by atoms with Gasteiger partial charge in [-0.15, -0.1) is 0 Å². The van der Waals surface area contributed by atoms with E-state index >= 15 is 0 Å². The van der Waals surface area contributed by atoms with Gasteiger partial charge in [-0.25, -0.2) is 0 Å². The highest BCUT2D eigenvalue weighted by Crippen LogP contribution is 2.23. The van der Waals surface area contributed by atoms with Crippen molar-refractivity contribution >= 4 is 27.8 Å². The minimum atomic E-state index is 0.0346. The largest absolute Gasteiger partial charge is 0.489 e. The molecule has 0 unspecified atom stereocenters. The average molecular weight is 331 g/mol. The number of hydrogen-bond donors (Lipinski definition) is 0. The van der Waals surface area contributed by atoms with Crippen LogP contribution in [0.1, 0.15) is 22.8 Å². The number of carbonyl (C=O) groups excluding carboxylic acids is 1. The summed E-state index contributed by atoms with van der Waals surface area (Å²) in [6, 6.07) is 15.4. The molecule has 0 atom stereocenters. The second kappa shape index (κ2) is 7.06. The number of ether oxygens (including phenoxy) is 1. The van der Waals surface area contributed by atoms with Crippen LogP contribution in [0.3, 0.4) is 0 Å². The van der Waals surface area contributed by atoms with Crippen molar-refractivity contribution in [3.63, 3.8) is 0 Å². The van der Waals surface area contributed by atoms with Crippen LogP contribution in [0.4, 0.5) is 0 Å². The van der Waals surface area contributed by atoms with Crippen LogP contribution in [0.5, 0.6) is 5.75 Å². The van der Waals surface area contributed by atoms with E-state index in [1.807, 2.05) is 48.6 Å². The third kappa shape index (κ3) is 4.07. The first kappa shape index (κ1) is 14.5. The minimum Gasteiger partial charge on any atom is -0.489 e. The summed E-state index contributed by atoms with van der Waals surface area (Å²) in [7, 11) is 0. The SMILES string of the molecule is CC(=O)c1ccc(OC/C=C/c2ccccc2)cc1Br. The number of Topliss-reactive ketones (excluding diaryl/α,β-unsaturated/α-hetero) is 1. The maximum Gasteiger partial charge on any atom is 0.160 e. The fourth-order valence-corrected chi connectivity index (χ4v) is 2.40. The lowest BCUT2D eigenvalue weighted by atomic mass is 10.1. The lowest BCUT2D eigenvalue weighted by Gasteiger charge is -2.06. The fourth-order valence-electron chi connectivity index (χ4n) is 1.76. The van der Waals surface area contributed by atoms with Crippen LogP contribution in [-0.2, 0) is 0 Å². The summed E-state index contributed by atoms with van der Waals surface area (Å²) in [5.74, 6) is 0.770. The van der Waals surface area contributed by atoms with E-state index in [2.05, 4.69) is 15.9 Å². The van der Waals surface area contributed by atoms with E-state index in [1.165, 1.54) is 0 Å². The molecule has 20 heavy (non-hydrogen) atoms. The van der Waals surface area contributed by atoms with E-state index in [4.69, 9.17) is 4.74 Å². The molecule has 0 saturated carbocycles. The Morgan fingerprint density at radius 3 is 2.60 bits per heavy atom. The topological polar surface area (TPSA) is 26.3 Å². The molecule has 0 aliphatic heterocycles. The van der Waals surface area contributed by atoms with Crippen LogP contribution in [0, 0.1) is 0 Å². The molecule has 102 valence electrons. The Bertz CT molecular complexity index is 618. The Labute approximate surface area is 127 Å². The van der Waals surface area contributed by atoms with Crippen LogP contribution in [0.15, 0.2) is 59.1 Å². The molecule has 2 nitrogen and oxygen atoms in total. The van der Waals surface area contributed by atoms with Gasteiger partial charge in [0.15, 0.2) is 5.78 Å². The van der Waals surface area contributed by atoms with Gasteiger partial charge in [0.2, 0.25) is 0 Å². The number of carbonyl (C=O) groups is 1. The van der Waals surface area contributed by atoms with Crippen molar-refractivity contribution in [2.24, 2.45) is 0 Å². The zero-order chi connectivity index (χ0) is 14.4. The van der Waals surface area contributed by atoms with Gasteiger partial charge in [0, 0.05) is 10.0 Å². The minimum absolute atomic E-state index is 0.0346.